The van der Waals surface area contributed by atoms with Gasteiger partial charge in [-0.1, -0.05) is 29.8 Å². The second-order valence-electron chi connectivity index (χ2n) is 7.64. The number of nitrogens with one attached hydrogen (secondary N) is 1. The minimum atomic E-state index is -0.971. The van der Waals surface area contributed by atoms with Crippen LogP contribution < -0.4 is 14.8 Å². The Hall–Kier alpha value is -3.31. The molecule has 0 saturated carbocycles. The van der Waals surface area contributed by atoms with Gasteiger partial charge in [-0.2, -0.15) is 0 Å². The largest absolute Gasteiger partial charge is 0.493 e. The van der Waals surface area contributed by atoms with E-state index in [4.69, 9.17) is 14.6 Å². The number of carbonyl (C=O) groups is 2. The quantitative estimate of drug-likeness (QED) is 0.264. The first kappa shape index (κ1) is 24.8. The van der Waals surface area contributed by atoms with Crippen molar-refractivity contribution in [2.75, 3.05) is 7.11 Å². The van der Waals surface area contributed by atoms with Crippen LogP contribution in [0.5, 0.6) is 11.5 Å². The number of thioether (sulfide) groups is 1. The van der Waals surface area contributed by atoms with Crippen LogP contribution in [0.4, 0.5) is 5.69 Å². The summed E-state index contributed by atoms with van der Waals surface area (Å²) in [7, 11) is 1.56. The average molecular weight is 600 g/mol. The average Bonchev–Trinajstić information content (AvgIpc) is 3.18. The van der Waals surface area contributed by atoms with E-state index >= 15 is 0 Å². The van der Waals surface area contributed by atoms with Gasteiger partial charge in [-0.05, 0) is 94.9 Å². The van der Waals surface area contributed by atoms with Crippen LogP contribution >= 0.6 is 34.4 Å². The van der Waals surface area contributed by atoms with Crippen LogP contribution in [-0.2, 0) is 11.4 Å². The second kappa shape index (κ2) is 11.0. The van der Waals surface area contributed by atoms with Crippen molar-refractivity contribution in [3.63, 3.8) is 0 Å². The summed E-state index contributed by atoms with van der Waals surface area (Å²) in [5.74, 6) is -0.0772. The molecule has 1 saturated heterocycles. The molecule has 1 aliphatic heterocycles. The van der Waals surface area contributed by atoms with E-state index in [2.05, 4.69) is 32.9 Å². The Balaban J connectivity index is 1.50. The number of carbonyl (C=O) groups excluding carboxylic acids is 1. The molecule has 1 heterocycles. The highest BCUT2D eigenvalue weighted by atomic mass is 127. The lowest BCUT2D eigenvalue weighted by atomic mass is 10.1. The molecular formula is C26H21IN2O5S. The Morgan fingerprint density at radius 3 is 2.51 bits per heavy atom. The number of hydrogen-bond acceptors (Lipinski definition) is 6. The summed E-state index contributed by atoms with van der Waals surface area (Å²) in [6.07, 6.45) is 1.79. The molecule has 4 rings (SSSR count). The minimum Gasteiger partial charge on any atom is -0.493 e. The second-order valence-corrected chi connectivity index (χ2v) is 9.83. The third-order valence-corrected chi connectivity index (χ3v) is 6.76. The fourth-order valence-electron chi connectivity index (χ4n) is 3.23. The molecule has 0 atom stereocenters. The third kappa shape index (κ3) is 6.23. The number of halogens is 1. The number of aryl methyl sites for hydroxylation is 1. The molecule has 2 N–H and O–H groups in total. The normalized spacial score (nSPS) is 15.3. The van der Waals surface area contributed by atoms with Crippen molar-refractivity contribution < 1.29 is 24.2 Å². The Bertz CT molecular complexity index is 1340. The van der Waals surface area contributed by atoms with Crippen molar-refractivity contribution in [2.45, 2.75) is 13.5 Å². The van der Waals surface area contributed by atoms with Crippen LogP contribution in [0.15, 0.2) is 70.6 Å². The molecular weight excluding hydrogens is 579 g/mol. The summed E-state index contributed by atoms with van der Waals surface area (Å²) >= 11 is 3.44. The maximum Gasteiger partial charge on any atom is 0.335 e. The Labute approximate surface area is 220 Å². The summed E-state index contributed by atoms with van der Waals surface area (Å²) in [5.41, 5.74) is 3.76. The summed E-state index contributed by atoms with van der Waals surface area (Å²) in [6, 6.07) is 18.0. The lowest BCUT2D eigenvalue weighted by molar-refractivity contribution is -0.115. The van der Waals surface area contributed by atoms with Gasteiger partial charge >= 0.3 is 5.97 Å². The van der Waals surface area contributed by atoms with Crippen molar-refractivity contribution in [1.82, 2.24) is 5.32 Å². The highest BCUT2D eigenvalue weighted by molar-refractivity contribution is 14.1. The van der Waals surface area contributed by atoms with E-state index in [1.54, 1.807) is 43.5 Å². The molecule has 7 nitrogen and oxygen atoms in total. The maximum absolute atomic E-state index is 12.5. The molecule has 9 heteroatoms. The number of aliphatic imine (C=N–C) groups is 1. The van der Waals surface area contributed by atoms with Crippen molar-refractivity contribution in [1.29, 1.82) is 0 Å². The van der Waals surface area contributed by atoms with Crippen LogP contribution in [0.2, 0.25) is 0 Å². The zero-order valence-corrected chi connectivity index (χ0v) is 21.8. The Morgan fingerprint density at radius 1 is 1.14 bits per heavy atom. The van der Waals surface area contributed by atoms with Crippen molar-refractivity contribution in [2.24, 2.45) is 4.99 Å². The molecule has 35 heavy (non-hydrogen) atoms. The number of ether oxygens (including phenoxy) is 2. The monoisotopic (exact) mass is 600 g/mol. The highest BCUT2D eigenvalue weighted by Crippen LogP contribution is 2.36. The van der Waals surface area contributed by atoms with E-state index in [0.29, 0.717) is 21.6 Å². The van der Waals surface area contributed by atoms with Crippen molar-refractivity contribution in [3.05, 3.63) is 91.4 Å². The van der Waals surface area contributed by atoms with Gasteiger partial charge in [0.25, 0.3) is 5.91 Å². The molecule has 0 unspecified atom stereocenters. The molecule has 3 aromatic rings. The summed E-state index contributed by atoms with van der Waals surface area (Å²) in [5, 5.41) is 12.4. The van der Waals surface area contributed by atoms with E-state index in [-0.39, 0.29) is 18.1 Å². The number of nitrogens with zero attached hydrogens (tertiary/aromatic N) is 1. The van der Waals surface area contributed by atoms with Crippen LogP contribution in [0.1, 0.15) is 27.0 Å². The SMILES string of the molecule is COc1cc(/C=C2/SC(=Nc3ccc(C)cc3)NC2=O)cc(I)c1OCc1ccc(C(=O)O)cc1. The fourth-order valence-corrected chi connectivity index (χ4v) is 4.85. The van der Waals surface area contributed by atoms with E-state index in [9.17, 15) is 9.59 Å². The van der Waals surface area contributed by atoms with Gasteiger partial charge in [0, 0.05) is 0 Å². The van der Waals surface area contributed by atoms with E-state index in [1.165, 1.54) is 11.8 Å². The number of carboxylic acids is 1. The number of carboxylic acid groups (broad SMARTS) is 1. The Kier molecular flexibility index (Phi) is 7.76. The number of hydrogen-bond donors (Lipinski definition) is 2. The molecule has 0 aliphatic carbocycles. The van der Waals surface area contributed by atoms with Gasteiger partial charge in [-0.15, -0.1) is 0 Å². The lowest BCUT2D eigenvalue weighted by Gasteiger charge is -2.14. The molecule has 0 aromatic heterocycles. The number of amides is 1. The van der Waals surface area contributed by atoms with Gasteiger partial charge in [0.15, 0.2) is 16.7 Å². The number of benzene rings is 3. The first-order valence-electron chi connectivity index (χ1n) is 10.5. The van der Waals surface area contributed by atoms with Crippen molar-refractivity contribution in [3.8, 4) is 11.5 Å². The number of aromatic carboxylic acids is 1. The van der Waals surface area contributed by atoms with Crippen molar-refractivity contribution >= 4 is 63.2 Å². The molecule has 3 aromatic carbocycles. The Morgan fingerprint density at radius 2 is 1.86 bits per heavy atom. The molecule has 0 spiro atoms. The number of amidine groups is 1. The standard InChI is InChI=1S/C26H21IN2O5S/c1-15-3-9-19(10-4-15)28-26-29-24(30)22(35-26)13-17-11-20(27)23(21(12-17)33-2)34-14-16-5-7-18(8-6-16)25(31)32/h3-13H,14H2,1-2H3,(H,31,32)(H,28,29,30)/b22-13+. The maximum atomic E-state index is 12.5. The zero-order chi connectivity index (χ0) is 24.9. The summed E-state index contributed by atoms with van der Waals surface area (Å²) in [6.45, 7) is 2.26. The molecule has 178 valence electrons. The lowest BCUT2D eigenvalue weighted by Crippen LogP contribution is -2.19. The van der Waals surface area contributed by atoms with Gasteiger partial charge in [-0.3, -0.25) is 4.79 Å². The third-order valence-electron chi connectivity index (χ3n) is 5.05. The molecule has 1 aliphatic rings. The zero-order valence-electron chi connectivity index (χ0n) is 18.9. The van der Waals surface area contributed by atoms with Gasteiger partial charge < -0.3 is 19.9 Å². The smallest absolute Gasteiger partial charge is 0.335 e. The predicted octanol–water partition coefficient (Wildman–Crippen LogP) is 5.78. The molecule has 0 radical (unpaired) electrons. The number of rotatable bonds is 7. The molecule has 1 fully saturated rings. The number of methoxy groups -OCH3 is 1. The molecule has 0 bridgehead atoms. The first-order chi connectivity index (χ1) is 16.8. The predicted molar refractivity (Wildman–Crippen MR) is 145 cm³/mol. The summed E-state index contributed by atoms with van der Waals surface area (Å²) < 4.78 is 12.3. The van der Waals surface area contributed by atoms with Gasteiger partial charge in [0.2, 0.25) is 0 Å². The first-order valence-corrected chi connectivity index (χ1v) is 12.4. The highest BCUT2D eigenvalue weighted by Gasteiger charge is 2.24. The topological polar surface area (TPSA) is 97.2 Å². The van der Waals surface area contributed by atoms with Gasteiger partial charge in [0.05, 0.1) is 26.8 Å². The summed E-state index contributed by atoms with van der Waals surface area (Å²) in [4.78, 5) is 28.5. The van der Waals surface area contributed by atoms with Gasteiger partial charge in [-0.25, -0.2) is 9.79 Å². The minimum absolute atomic E-state index is 0.208. The van der Waals surface area contributed by atoms with Crippen LogP contribution in [0.25, 0.3) is 6.08 Å². The van der Waals surface area contributed by atoms with E-state index in [1.807, 2.05) is 37.3 Å². The van der Waals surface area contributed by atoms with Crippen LogP contribution in [0.3, 0.4) is 0 Å². The van der Waals surface area contributed by atoms with Gasteiger partial charge in [0.1, 0.15) is 6.61 Å². The fraction of sp³-hybridized carbons (Fsp3) is 0.115. The van der Waals surface area contributed by atoms with E-state index < -0.39 is 5.97 Å². The molecule has 1 amide bonds. The van der Waals surface area contributed by atoms with E-state index in [0.717, 1.165) is 25.9 Å². The van der Waals surface area contributed by atoms with Crippen LogP contribution in [0, 0.1) is 10.5 Å². The van der Waals surface area contributed by atoms with Crippen LogP contribution in [-0.4, -0.2) is 29.3 Å².